The van der Waals surface area contributed by atoms with Gasteiger partial charge in [-0.15, -0.1) is 0 Å². The predicted octanol–water partition coefficient (Wildman–Crippen LogP) is 3.72. The maximum Gasteiger partial charge on any atom is 0.410 e. The molecule has 2 aliphatic rings. The molecule has 162 valence electrons. The zero-order valence-corrected chi connectivity index (χ0v) is 18.3. The Balaban J connectivity index is 1.40. The molecule has 7 nitrogen and oxygen atoms in total. The van der Waals surface area contributed by atoms with E-state index in [2.05, 4.69) is 14.5 Å². The van der Waals surface area contributed by atoms with Gasteiger partial charge in [0.1, 0.15) is 5.60 Å². The third-order valence-electron chi connectivity index (χ3n) is 6.16. The van der Waals surface area contributed by atoms with Crippen LogP contribution in [0, 0.1) is 11.8 Å². The molecule has 1 saturated carbocycles. The molecule has 0 bridgehead atoms. The van der Waals surface area contributed by atoms with E-state index in [1.165, 1.54) is 0 Å². The quantitative estimate of drug-likeness (QED) is 0.767. The summed E-state index contributed by atoms with van der Waals surface area (Å²) < 4.78 is 7.60. The fraction of sp³-hybridized carbons (Fsp3) is 0.773. The van der Waals surface area contributed by atoms with Gasteiger partial charge in [0.05, 0.1) is 6.33 Å². The van der Waals surface area contributed by atoms with Crippen LogP contribution in [0.3, 0.4) is 0 Å². The number of hydrogen-bond donors (Lipinski definition) is 0. The fourth-order valence-corrected chi connectivity index (χ4v) is 4.52. The molecular weight excluding hydrogens is 368 g/mol. The molecular formula is C22H36N4O3. The van der Waals surface area contributed by atoms with E-state index in [1.807, 2.05) is 39.5 Å². The van der Waals surface area contributed by atoms with Crippen molar-refractivity contribution >= 4 is 12.0 Å². The minimum atomic E-state index is -0.471. The van der Waals surface area contributed by atoms with Crippen LogP contribution >= 0.6 is 0 Å². The van der Waals surface area contributed by atoms with Crippen LogP contribution in [-0.4, -0.2) is 63.6 Å². The fourth-order valence-electron chi connectivity index (χ4n) is 4.52. The predicted molar refractivity (Wildman–Crippen MR) is 111 cm³/mol. The number of amides is 2. The molecule has 2 heterocycles. The maximum absolute atomic E-state index is 13.0. The Morgan fingerprint density at radius 3 is 2.31 bits per heavy atom. The van der Waals surface area contributed by atoms with E-state index < -0.39 is 5.60 Å². The zero-order chi connectivity index (χ0) is 21.0. The molecule has 2 amide bonds. The van der Waals surface area contributed by atoms with Gasteiger partial charge in [-0.1, -0.05) is 0 Å². The molecule has 0 spiro atoms. The maximum atomic E-state index is 13.0. The van der Waals surface area contributed by atoms with Gasteiger partial charge >= 0.3 is 6.09 Å². The summed E-state index contributed by atoms with van der Waals surface area (Å²) in [6.45, 7) is 8.02. The zero-order valence-electron chi connectivity index (χ0n) is 18.3. The number of nitrogens with zero attached hydrogens (tertiary/aromatic N) is 4. The van der Waals surface area contributed by atoms with Gasteiger partial charge in [0.2, 0.25) is 5.91 Å². The van der Waals surface area contributed by atoms with Crippen molar-refractivity contribution in [2.24, 2.45) is 11.8 Å². The second-order valence-electron chi connectivity index (χ2n) is 9.64. The normalized spacial score (nSPS) is 23.7. The van der Waals surface area contributed by atoms with Crippen LogP contribution in [0.1, 0.15) is 65.3 Å². The molecule has 0 unspecified atom stereocenters. The molecule has 2 fully saturated rings. The van der Waals surface area contributed by atoms with Gasteiger partial charge in [-0.05, 0) is 65.2 Å². The van der Waals surface area contributed by atoms with Crippen LogP contribution in [-0.2, 0) is 9.53 Å². The van der Waals surface area contributed by atoms with Crippen LogP contribution < -0.4 is 0 Å². The molecule has 1 aromatic heterocycles. The Morgan fingerprint density at radius 2 is 1.76 bits per heavy atom. The third-order valence-corrected chi connectivity index (χ3v) is 6.16. The number of aromatic nitrogens is 2. The molecule has 1 aliphatic heterocycles. The molecule has 1 aliphatic carbocycles. The molecule has 7 heteroatoms. The van der Waals surface area contributed by atoms with Gasteiger partial charge in [0, 0.05) is 51.0 Å². The van der Waals surface area contributed by atoms with Crippen LogP contribution in [0.15, 0.2) is 18.7 Å². The summed E-state index contributed by atoms with van der Waals surface area (Å²) in [4.78, 5) is 33.0. The molecule has 1 aromatic rings. The first-order valence-electron chi connectivity index (χ1n) is 10.9. The van der Waals surface area contributed by atoms with Crippen LogP contribution in [0.2, 0.25) is 0 Å². The average molecular weight is 405 g/mol. The van der Waals surface area contributed by atoms with Crippen molar-refractivity contribution < 1.29 is 14.3 Å². The highest BCUT2D eigenvalue weighted by Crippen LogP contribution is 2.32. The monoisotopic (exact) mass is 404 g/mol. The molecule has 3 rings (SSSR count). The lowest BCUT2D eigenvalue weighted by atomic mass is 9.81. The van der Waals surface area contributed by atoms with E-state index in [1.54, 1.807) is 11.9 Å². The summed E-state index contributed by atoms with van der Waals surface area (Å²) in [5.74, 6) is 0.916. The van der Waals surface area contributed by atoms with Crippen molar-refractivity contribution in [2.75, 3.05) is 26.7 Å². The highest BCUT2D eigenvalue weighted by atomic mass is 16.6. The van der Waals surface area contributed by atoms with E-state index >= 15 is 0 Å². The van der Waals surface area contributed by atoms with Crippen molar-refractivity contribution in [2.45, 2.75) is 70.9 Å². The molecule has 0 atom stereocenters. The largest absolute Gasteiger partial charge is 0.444 e. The number of rotatable bonds is 4. The Bertz CT molecular complexity index is 667. The Labute approximate surface area is 174 Å². The van der Waals surface area contributed by atoms with Gasteiger partial charge < -0.3 is 19.1 Å². The SMILES string of the molecule is CN(CC1CCC(C(=O)N2CCC(n3ccnc3)CC2)CC1)C(=O)OC(C)(C)C. The third kappa shape index (κ3) is 5.97. The summed E-state index contributed by atoms with van der Waals surface area (Å²) in [6.07, 6.45) is 11.3. The first-order chi connectivity index (χ1) is 13.7. The van der Waals surface area contributed by atoms with E-state index in [9.17, 15) is 9.59 Å². The van der Waals surface area contributed by atoms with E-state index in [0.717, 1.165) is 51.6 Å². The highest BCUT2D eigenvalue weighted by molar-refractivity contribution is 5.79. The topological polar surface area (TPSA) is 67.7 Å². The number of imidazole rings is 1. The van der Waals surface area contributed by atoms with Crippen LogP contribution in [0.25, 0.3) is 0 Å². The second-order valence-corrected chi connectivity index (χ2v) is 9.64. The van der Waals surface area contributed by atoms with E-state index in [4.69, 9.17) is 4.74 Å². The number of piperidine rings is 1. The molecule has 1 saturated heterocycles. The summed E-state index contributed by atoms with van der Waals surface area (Å²) in [5, 5.41) is 0. The minimum Gasteiger partial charge on any atom is -0.444 e. The minimum absolute atomic E-state index is 0.142. The lowest BCUT2D eigenvalue weighted by Crippen LogP contribution is -2.43. The van der Waals surface area contributed by atoms with Gasteiger partial charge in [-0.3, -0.25) is 4.79 Å². The number of carbonyl (C=O) groups excluding carboxylic acids is 2. The molecule has 0 radical (unpaired) electrons. The number of ether oxygens (including phenoxy) is 1. The van der Waals surface area contributed by atoms with Crippen molar-refractivity contribution in [3.05, 3.63) is 18.7 Å². The lowest BCUT2D eigenvalue weighted by Gasteiger charge is -2.37. The highest BCUT2D eigenvalue weighted by Gasteiger charge is 2.32. The van der Waals surface area contributed by atoms with Crippen molar-refractivity contribution in [3.8, 4) is 0 Å². The number of hydrogen-bond acceptors (Lipinski definition) is 4. The summed E-state index contributed by atoms with van der Waals surface area (Å²) in [7, 11) is 1.80. The summed E-state index contributed by atoms with van der Waals surface area (Å²) in [5.41, 5.74) is -0.471. The Hall–Kier alpha value is -2.05. The number of likely N-dealkylation sites (tertiary alicyclic amines) is 1. The Morgan fingerprint density at radius 1 is 1.10 bits per heavy atom. The first kappa shape index (κ1) is 21.7. The molecule has 0 aromatic carbocycles. The molecule has 29 heavy (non-hydrogen) atoms. The second kappa shape index (κ2) is 9.18. The summed E-state index contributed by atoms with van der Waals surface area (Å²) in [6, 6.07) is 0.459. The van der Waals surface area contributed by atoms with Gasteiger partial charge in [0.25, 0.3) is 0 Å². The van der Waals surface area contributed by atoms with Crippen molar-refractivity contribution in [1.82, 2.24) is 19.4 Å². The summed E-state index contributed by atoms with van der Waals surface area (Å²) >= 11 is 0. The van der Waals surface area contributed by atoms with Gasteiger partial charge in [-0.2, -0.15) is 0 Å². The van der Waals surface area contributed by atoms with Gasteiger partial charge in [-0.25, -0.2) is 9.78 Å². The van der Waals surface area contributed by atoms with Crippen LogP contribution in [0.4, 0.5) is 4.79 Å². The Kier molecular flexibility index (Phi) is 6.85. The first-order valence-corrected chi connectivity index (χ1v) is 10.9. The smallest absolute Gasteiger partial charge is 0.410 e. The number of carbonyl (C=O) groups is 2. The van der Waals surface area contributed by atoms with Gasteiger partial charge in [0.15, 0.2) is 0 Å². The average Bonchev–Trinajstić information content (AvgIpc) is 3.21. The van der Waals surface area contributed by atoms with Crippen LogP contribution in [0.5, 0.6) is 0 Å². The van der Waals surface area contributed by atoms with E-state index in [0.29, 0.717) is 24.4 Å². The van der Waals surface area contributed by atoms with Crippen molar-refractivity contribution in [1.29, 1.82) is 0 Å². The molecule has 0 N–H and O–H groups in total. The lowest BCUT2D eigenvalue weighted by molar-refractivity contribution is -0.138. The van der Waals surface area contributed by atoms with Crippen molar-refractivity contribution in [3.63, 3.8) is 0 Å². The standard InChI is InChI=1S/C22H36N4O3/c1-22(2,3)29-21(28)24(4)15-17-5-7-18(8-6-17)20(27)25-12-9-19(10-13-25)26-14-11-23-16-26/h11,14,16-19H,5-10,12-13,15H2,1-4H3. The van der Waals surface area contributed by atoms with E-state index in [-0.39, 0.29) is 12.0 Å².